The Bertz CT molecular complexity index is 246. The van der Waals surface area contributed by atoms with Gasteiger partial charge in [-0.2, -0.15) is 11.3 Å². The Labute approximate surface area is 90.1 Å². The lowest BCUT2D eigenvalue weighted by Gasteiger charge is -2.35. The zero-order chi connectivity index (χ0) is 10.6. The van der Waals surface area contributed by atoms with Gasteiger partial charge in [0.25, 0.3) is 0 Å². The van der Waals surface area contributed by atoms with Gasteiger partial charge in [-0.25, -0.2) is 0 Å². The highest BCUT2D eigenvalue weighted by Gasteiger charge is 2.34. The lowest BCUT2D eigenvalue weighted by molar-refractivity contribution is -0.0384. The molecule has 80 valence electrons. The van der Waals surface area contributed by atoms with Gasteiger partial charge >= 0.3 is 0 Å². The maximum atomic E-state index is 6.23. The summed E-state index contributed by atoms with van der Waals surface area (Å²) >= 11 is 1.68. The van der Waals surface area contributed by atoms with Crippen LogP contribution >= 0.6 is 11.3 Å². The first-order chi connectivity index (χ1) is 6.70. The van der Waals surface area contributed by atoms with Crippen molar-refractivity contribution in [2.45, 2.75) is 38.3 Å². The predicted molar refractivity (Wildman–Crippen MR) is 61.6 cm³/mol. The monoisotopic (exact) mass is 213 g/mol. The first-order valence-electron chi connectivity index (χ1n) is 5.03. The highest BCUT2D eigenvalue weighted by Crippen LogP contribution is 2.33. The molecule has 0 saturated carbocycles. The van der Waals surface area contributed by atoms with Gasteiger partial charge in [0.1, 0.15) is 0 Å². The van der Waals surface area contributed by atoms with E-state index in [0.717, 1.165) is 12.8 Å². The first kappa shape index (κ1) is 11.7. The van der Waals surface area contributed by atoms with Crippen LogP contribution in [0.3, 0.4) is 0 Å². The molecule has 1 atom stereocenters. The third-order valence-electron chi connectivity index (χ3n) is 3.07. The molecule has 1 rings (SSSR count). The van der Waals surface area contributed by atoms with E-state index >= 15 is 0 Å². The Hall–Kier alpha value is -0.380. The summed E-state index contributed by atoms with van der Waals surface area (Å²) in [6.45, 7) is 4.25. The molecule has 0 aliphatic heterocycles. The average molecular weight is 213 g/mol. The lowest BCUT2D eigenvalue weighted by Crippen LogP contribution is -2.41. The zero-order valence-corrected chi connectivity index (χ0v) is 9.93. The molecule has 1 aromatic rings. The van der Waals surface area contributed by atoms with E-state index in [4.69, 9.17) is 10.5 Å². The van der Waals surface area contributed by atoms with Gasteiger partial charge < -0.3 is 10.5 Å². The third-order valence-corrected chi connectivity index (χ3v) is 3.77. The summed E-state index contributed by atoms with van der Waals surface area (Å²) in [5.74, 6) is 0. The molecular weight excluding hydrogens is 194 g/mol. The molecule has 0 fully saturated rings. The van der Waals surface area contributed by atoms with Gasteiger partial charge in [-0.05, 0) is 35.2 Å². The van der Waals surface area contributed by atoms with Crippen LogP contribution in [0.5, 0.6) is 0 Å². The number of nitrogens with two attached hydrogens (primary N) is 1. The predicted octanol–water partition coefficient (Wildman–Crippen LogP) is 2.95. The van der Waals surface area contributed by atoms with E-state index in [1.165, 1.54) is 5.56 Å². The van der Waals surface area contributed by atoms with Crippen molar-refractivity contribution in [2.24, 2.45) is 5.73 Å². The van der Waals surface area contributed by atoms with Crippen molar-refractivity contribution in [3.8, 4) is 0 Å². The summed E-state index contributed by atoms with van der Waals surface area (Å²) in [7, 11) is 1.75. The number of methoxy groups -OCH3 is 1. The van der Waals surface area contributed by atoms with E-state index in [0.29, 0.717) is 0 Å². The Morgan fingerprint density at radius 1 is 1.50 bits per heavy atom. The van der Waals surface area contributed by atoms with Gasteiger partial charge in [0, 0.05) is 7.11 Å². The summed E-state index contributed by atoms with van der Waals surface area (Å²) in [5, 5.41) is 4.16. The molecule has 1 heterocycles. The van der Waals surface area contributed by atoms with Crippen molar-refractivity contribution >= 4 is 11.3 Å². The fourth-order valence-corrected chi connectivity index (χ4v) is 2.56. The molecule has 14 heavy (non-hydrogen) atoms. The van der Waals surface area contributed by atoms with Crippen LogP contribution in [0.1, 0.15) is 38.3 Å². The van der Waals surface area contributed by atoms with E-state index in [-0.39, 0.29) is 11.6 Å². The smallest absolute Gasteiger partial charge is 0.0865 e. The zero-order valence-electron chi connectivity index (χ0n) is 9.12. The summed E-state index contributed by atoms with van der Waals surface area (Å²) in [4.78, 5) is 0. The van der Waals surface area contributed by atoms with Gasteiger partial charge in [0.2, 0.25) is 0 Å². The van der Waals surface area contributed by atoms with Gasteiger partial charge in [0.05, 0.1) is 11.6 Å². The molecule has 0 aliphatic carbocycles. The topological polar surface area (TPSA) is 35.2 Å². The average Bonchev–Trinajstić information content (AvgIpc) is 2.74. The molecule has 0 radical (unpaired) electrons. The molecule has 0 spiro atoms. The highest BCUT2D eigenvalue weighted by molar-refractivity contribution is 7.07. The molecule has 1 aromatic heterocycles. The fourth-order valence-electron chi connectivity index (χ4n) is 1.86. The number of hydrogen-bond donors (Lipinski definition) is 1. The van der Waals surface area contributed by atoms with Crippen LogP contribution < -0.4 is 5.73 Å². The summed E-state index contributed by atoms with van der Waals surface area (Å²) in [6.07, 6.45) is 1.88. The Kier molecular flexibility index (Phi) is 4.11. The minimum atomic E-state index is -0.207. The van der Waals surface area contributed by atoms with Crippen molar-refractivity contribution in [1.82, 2.24) is 0 Å². The second-order valence-corrected chi connectivity index (χ2v) is 4.29. The molecule has 2 N–H and O–H groups in total. The lowest BCUT2D eigenvalue weighted by atomic mass is 9.85. The van der Waals surface area contributed by atoms with Crippen LogP contribution in [0.15, 0.2) is 16.8 Å². The van der Waals surface area contributed by atoms with Crippen LogP contribution in [0.25, 0.3) is 0 Å². The molecule has 0 bridgehead atoms. The fraction of sp³-hybridized carbons (Fsp3) is 0.636. The number of hydrogen-bond acceptors (Lipinski definition) is 3. The largest absolute Gasteiger partial charge is 0.376 e. The van der Waals surface area contributed by atoms with Gasteiger partial charge in [-0.15, -0.1) is 0 Å². The SMILES string of the molecule is CCC(CC)(OC)C(N)c1ccsc1. The number of ether oxygens (including phenoxy) is 1. The van der Waals surface area contributed by atoms with Crippen LogP contribution in [0.4, 0.5) is 0 Å². The summed E-state index contributed by atoms with van der Waals surface area (Å²) < 4.78 is 5.60. The van der Waals surface area contributed by atoms with Crippen LogP contribution in [-0.2, 0) is 4.74 Å². The summed E-state index contributed by atoms with van der Waals surface area (Å²) in [6, 6.07) is 2.06. The summed E-state index contributed by atoms with van der Waals surface area (Å²) in [5.41, 5.74) is 7.21. The minimum Gasteiger partial charge on any atom is -0.376 e. The maximum Gasteiger partial charge on any atom is 0.0865 e. The van der Waals surface area contributed by atoms with Crippen molar-refractivity contribution in [1.29, 1.82) is 0 Å². The Balaban J connectivity index is 2.89. The molecule has 0 saturated heterocycles. The van der Waals surface area contributed by atoms with Crippen LogP contribution in [-0.4, -0.2) is 12.7 Å². The quantitative estimate of drug-likeness (QED) is 0.816. The van der Waals surface area contributed by atoms with Crippen molar-refractivity contribution in [3.63, 3.8) is 0 Å². The highest BCUT2D eigenvalue weighted by atomic mass is 32.1. The van der Waals surface area contributed by atoms with Crippen molar-refractivity contribution in [2.75, 3.05) is 7.11 Å². The minimum absolute atomic E-state index is 0.0197. The molecule has 0 aromatic carbocycles. The van der Waals surface area contributed by atoms with Gasteiger partial charge in [0.15, 0.2) is 0 Å². The standard InChI is InChI=1S/C11H19NOS/c1-4-11(5-2,13-3)10(12)9-6-7-14-8-9/h6-8,10H,4-5,12H2,1-3H3. The molecule has 1 unspecified atom stereocenters. The third kappa shape index (κ3) is 2.00. The van der Waals surface area contributed by atoms with E-state index < -0.39 is 0 Å². The van der Waals surface area contributed by atoms with E-state index in [2.05, 4.69) is 30.7 Å². The van der Waals surface area contributed by atoms with Crippen molar-refractivity contribution < 1.29 is 4.74 Å². The molecule has 3 heteroatoms. The second kappa shape index (κ2) is 4.91. The van der Waals surface area contributed by atoms with E-state index in [1.54, 1.807) is 18.4 Å². The molecule has 0 amide bonds. The van der Waals surface area contributed by atoms with E-state index in [1.807, 2.05) is 0 Å². The molecule has 0 aliphatic rings. The Morgan fingerprint density at radius 2 is 2.14 bits per heavy atom. The van der Waals surface area contributed by atoms with E-state index in [9.17, 15) is 0 Å². The maximum absolute atomic E-state index is 6.23. The number of rotatable bonds is 5. The normalized spacial score (nSPS) is 14.3. The Morgan fingerprint density at radius 3 is 2.50 bits per heavy atom. The molecule has 2 nitrogen and oxygen atoms in total. The van der Waals surface area contributed by atoms with Gasteiger partial charge in [-0.3, -0.25) is 0 Å². The van der Waals surface area contributed by atoms with Crippen molar-refractivity contribution in [3.05, 3.63) is 22.4 Å². The van der Waals surface area contributed by atoms with Crippen LogP contribution in [0, 0.1) is 0 Å². The number of thiophene rings is 1. The first-order valence-corrected chi connectivity index (χ1v) is 5.97. The second-order valence-electron chi connectivity index (χ2n) is 3.51. The van der Waals surface area contributed by atoms with Crippen LogP contribution in [0.2, 0.25) is 0 Å². The van der Waals surface area contributed by atoms with Gasteiger partial charge in [-0.1, -0.05) is 13.8 Å². The molecular formula is C11H19NOS.